The van der Waals surface area contributed by atoms with Gasteiger partial charge in [-0.25, -0.2) is 13.2 Å². The van der Waals surface area contributed by atoms with Crippen molar-refractivity contribution in [2.45, 2.75) is 18.9 Å². The Morgan fingerprint density at radius 1 is 1.24 bits per heavy atom. The summed E-state index contributed by atoms with van der Waals surface area (Å²) in [6, 6.07) is 2.10. The molecule has 0 aliphatic heterocycles. The smallest absolute Gasteiger partial charge is 0.238 e. The van der Waals surface area contributed by atoms with Gasteiger partial charge in [-0.05, 0) is 25.0 Å². The molecule has 0 radical (unpaired) electrons. The van der Waals surface area contributed by atoms with Crippen LogP contribution in [0, 0.1) is 17.5 Å². The van der Waals surface area contributed by atoms with E-state index in [1.807, 2.05) is 0 Å². The number of carbonyl (C=O) groups is 1. The minimum Gasteiger partial charge on any atom is -0.322 e. The Labute approximate surface area is 96.0 Å². The van der Waals surface area contributed by atoms with E-state index in [-0.39, 0.29) is 12.2 Å². The van der Waals surface area contributed by atoms with E-state index in [9.17, 15) is 18.0 Å². The fourth-order valence-electron chi connectivity index (χ4n) is 1.34. The molecule has 3 nitrogen and oxygen atoms in total. The molecule has 0 unspecified atom stereocenters. The van der Waals surface area contributed by atoms with Crippen molar-refractivity contribution in [1.82, 2.24) is 5.32 Å². The summed E-state index contributed by atoms with van der Waals surface area (Å²) in [7, 11) is 0. The molecule has 0 spiro atoms. The molecular formula is C11H11F3N2O. The molecule has 0 atom stereocenters. The van der Waals surface area contributed by atoms with Crippen LogP contribution in [0.2, 0.25) is 0 Å². The van der Waals surface area contributed by atoms with E-state index in [1.54, 1.807) is 0 Å². The largest absolute Gasteiger partial charge is 0.322 e. The Morgan fingerprint density at radius 2 is 1.94 bits per heavy atom. The Hall–Kier alpha value is -1.56. The molecule has 1 fully saturated rings. The topological polar surface area (TPSA) is 41.1 Å². The number of carbonyl (C=O) groups excluding carboxylic acids is 1. The summed E-state index contributed by atoms with van der Waals surface area (Å²) < 4.78 is 38.7. The molecule has 0 bridgehead atoms. The zero-order chi connectivity index (χ0) is 12.4. The fourth-order valence-corrected chi connectivity index (χ4v) is 1.34. The van der Waals surface area contributed by atoms with E-state index in [4.69, 9.17) is 0 Å². The van der Waals surface area contributed by atoms with Gasteiger partial charge >= 0.3 is 0 Å². The molecule has 92 valence electrons. The molecule has 1 amide bonds. The summed E-state index contributed by atoms with van der Waals surface area (Å²) in [4.78, 5) is 11.3. The van der Waals surface area contributed by atoms with Gasteiger partial charge in [0.25, 0.3) is 0 Å². The first-order valence-electron chi connectivity index (χ1n) is 5.24. The van der Waals surface area contributed by atoms with Crippen molar-refractivity contribution in [3.63, 3.8) is 0 Å². The molecule has 0 saturated heterocycles. The van der Waals surface area contributed by atoms with Gasteiger partial charge in [-0.15, -0.1) is 0 Å². The summed E-state index contributed by atoms with van der Waals surface area (Å²) in [5.41, 5.74) is -0.355. The summed E-state index contributed by atoms with van der Waals surface area (Å²) in [5.74, 6) is -4.74. The SMILES string of the molecule is O=C(CNC1CC1)Nc1ccc(F)c(F)c1F. The van der Waals surface area contributed by atoms with Crippen molar-refractivity contribution in [2.24, 2.45) is 0 Å². The number of hydrogen-bond donors (Lipinski definition) is 2. The maximum absolute atomic E-state index is 13.2. The van der Waals surface area contributed by atoms with Gasteiger partial charge in [0.15, 0.2) is 17.5 Å². The first-order chi connectivity index (χ1) is 8.08. The predicted molar refractivity (Wildman–Crippen MR) is 56.0 cm³/mol. The fraction of sp³-hybridized carbons (Fsp3) is 0.364. The minimum absolute atomic E-state index is 0.0309. The molecule has 6 heteroatoms. The normalized spacial score (nSPS) is 14.8. The third kappa shape index (κ3) is 2.97. The highest BCUT2D eigenvalue weighted by atomic mass is 19.2. The van der Waals surface area contributed by atoms with Gasteiger partial charge in [0.05, 0.1) is 12.2 Å². The van der Waals surface area contributed by atoms with Crippen LogP contribution in [0.25, 0.3) is 0 Å². The van der Waals surface area contributed by atoms with Crippen molar-refractivity contribution >= 4 is 11.6 Å². The van der Waals surface area contributed by atoms with E-state index in [0.717, 1.165) is 25.0 Å². The lowest BCUT2D eigenvalue weighted by molar-refractivity contribution is -0.115. The van der Waals surface area contributed by atoms with Crippen LogP contribution in [0.15, 0.2) is 12.1 Å². The first kappa shape index (κ1) is 11.9. The Bertz CT molecular complexity index is 447. The third-order valence-electron chi connectivity index (χ3n) is 2.44. The maximum atomic E-state index is 13.2. The zero-order valence-electron chi connectivity index (χ0n) is 8.90. The third-order valence-corrected chi connectivity index (χ3v) is 2.44. The molecule has 1 aliphatic rings. The molecule has 1 aliphatic carbocycles. The number of hydrogen-bond acceptors (Lipinski definition) is 2. The maximum Gasteiger partial charge on any atom is 0.238 e. The van der Waals surface area contributed by atoms with Crippen LogP contribution in [0.4, 0.5) is 18.9 Å². The lowest BCUT2D eigenvalue weighted by atomic mass is 10.2. The first-order valence-corrected chi connectivity index (χ1v) is 5.24. The van der Waals surface area contributed by atoms with E-state index in [1.165, 1.54) is 0 Å². The quantitative estimate of drug-likeness (QED) is 0.793. The summed E-state index contributed by atoms with van der Waals surface area (Å²) in [5, 5.41) is 5.10. The Morgan fingerprint density at radius 3 is 2.59 bits per heavy atom. The highest BCUT2D eigenvalue weighted by Crippen LogP contribution is 2.20. The molecule has 17 heavy (non-hydrogen) atoms. The number of rotatable bonds is 4. The highest BCUT2D eigenvalue weighted by molar-refractivity contribution is 5.92. The minimum atomic E-state index is -1.59. The molecule has 2 rings (SSSR count). The van der Waals surface area contributed by atoms with Crippen LogP contribution in [-0.2, 0) is 4.79 Å². The standard InChI is InChI=1S/C11H11F3N2O/c12-7-3-4-8(11(14)10(7)13)16-9(17)5-15-6-1-2-6/h3-4,6,15H,1-2,5H2,(H,16,17). The molecule has 1 aromatic rings. The average molecular weight is 244 g/mol. The molecule has 1 saturated carbocycles. The molecular weight excluding hydrogens is 233 g/mol. The Balaban J connectivity index is 1.97. The molecule has 0 heterocycles. The second-order valence-electron chi connectivity index (χ2n) is 3.93. The van der Waals surface area contributed by atoms with Crippen molar-refractivity contribution in [3.05, 3.63) is 29.6 Å². The number of benzene rings is 1. The number of amides is 1. The van der Waals surface area contributed by atoms with Crippen LogP contribution < -0.4 is 10.6 Å². The van der Waals surface area contributed by atoms with E-state index < -0.39 is 23.4 Å². The van der Waals surface area contributed by atoms with Gasteiger partial charge < -0.3 is 10.6 Å². The van der Waals surface area contributed by atoms with Crippen molar-refractivity contribution in [2.75, 3.05) is 11.9 Å². The van der Waals surface area contributed by atoms with Gasteiger partial charge in [-0.3, -0.25) is 4.79 Å². The predicted octanol–water partition coefficient (Wildman–Crippen LogP) is 1.79. The number of nitrogens with one attached hydrogen (secondary N) is 2. The number of anilines is 1. The van der Waals surface area contributed by atoms with E-state index in [2.05, 4.69) is 10.6 Å². The Kier molecular flexibility index (Phi) is 3.33. The summed E-state index contributed by atoms with van der Waals surface area (Å²) in [6.45, 7) is 0.0309. The van der Waals surface area contributed by atoms with Crippen molar-refractivity contribution in [3.8, 4) is 0 Å². The van der Waals surface area contributed by atoms with E-state index in [0.29, 0.717) is 6.04 Å². The van der Waals surface area contributed by atoms with E-state index >= 15 is 0 Å². The molecule has 0 aromatic heterocycles. The van der Waals surface area contributed by atoms with Gasteiger partial charge in [0.2, 0.25) is 5.91 Å². The summed E-state index contributed by atoms with van der Waals surface area (Å²) >= 11 is 0. The second kappa shape index (κ2) is 4.75. The zero-order valence-corrected chi connectivity index (χ0v) is 8.90. The van der Waals surface area contributed by atoms with Crippen LogP contribution in [0.3, 0.4) is 0 Å². The van der Waals surface area contributed by atoms with Crippen LogP contribution in [0.1, 0.15) is 12.8 Å². The average Bonchev–Trinajstić information content (AvgIpc) is 3.11. The molecule has 1 aromatic carbocycles. The van der Waals surface area contributed by atoms with Crippen molar-refractivity contribution < 1.29 is 18.0 Å². The van der Waals surface area contributed by atoms with Gasteiger partial charge in [-0.1, -0.05) is 0 Å². The monoisotopic (exact) mass is 244 g/mol. The molecule has 2 N–H and O–H groups in total. The lowest BCUT2D eigenvalue weighted by Gasteiger charge is -2.07. The second-order valence-corrected chi connectivity index (χ2v) is 3.93. The van der Waals surface area contributed by atoms with Gasteiger partial charge in [0.1, 0.15) is 0 Å². The van der Waals surface area contributed by atoms with Gasteiger partial charge in [0, 0.05) is 6.04 Å². The van der Waals surface area contributed by atoms with Gasteiger partial charge in [-0.2, -0.15) is 0 Å². The number of halogens is 3. The summed E-state index contributed by atoms with van der Waals surface area (Å²) in [6.07, 6.45) is 2.04. The highest BCUT2D eigenvalue weighted by Gasteiger charge is 2.21. The lowest BCUT2D eigenvalue weighted by Crippen LogP contribution is -2.29. The van der Waals surface area contributed by atoms with Crippen molar-refractivity contribution in [1.29, 1.82) is 0 Å². The van der Waals surface area contributed by atoms with Crippen LogP contribution >= 0.6 is 0 Å². The van der Waals surface area contributed by atoms with Crippen LogP contribution in [-0.4, -0.2) is 18.5 Å². The van der Waals surface area contributed by atoms with Crippen LogP contribution in [0.5, 0.6) is 0 Å².